The van der Waals surface area contributed by atoms with Gasteiger partial charge in [-0.2, -0.15) is 0 Å². The zero-order valence-corrected chi connectivity index (χ0v) is 33.6. The van der Waals surface area contributed by atoms with Crippen molar-refractivity contribution in [3.8, 4) is 0 Å². The van der Waals surface area contributed by atoms with Crippen molar-refractivity contribution in [3.63, 3.8) is 0 Å². The molecule has 1 aromatic heterocycles. The normalized spacial score (nSPS) is 47.4. The number of ether oxygens (including phenoxy) is 1. The summed E-state index contributed by atoms with van der Waals surface area (Å²) in [5.74, 6) is 9.78. The number of Topliss-reactive ketones (excluding diaryl/α,β-unsaturated/α-hetero) is 2. The summed E-state index contributed by atoms with van der Waals surface area (Å²) in [6, 6.07) is 0. The van der Waals surface area contributed by atoms with Gasteiger partial charge in [0.1, 0.15) is 25.5 Å². The second-order valence-electron chi connectivity index (χ2n) is 20.7. The number of rotatable bonds is 10. The fraction of sp³-hybridized carbons (Fsp3) is 0.891. The van der Waals surface area contributed by atoms with Crippen molar-refractivity contribution in [1.29, 1.82) is 0 Å². The number of hydrogen-bond donors (Lipinski definition) is 0. The molecule has 16 atom stereocenters. The molecule has 7 heteroatoms. The zero-order chi connectivity index (χ0) is 36.5. The molecule has 1 aromatic rings. The van der Waals surface area contributed by atoms with Gasteiger partial charge >= 0.3 is 0 Å². The van der Waals surface area contributed by atoms with Gasteiger partial charge in [-0.3, -0.25) is 9.59 Å². The van der Waals surface area contributed by atoms with Crippen LogP contribution in [-0.4, -0.2) is 43.1 Å². The van der Waals surface area contributed by atoms with Crippen molar-refractivity contribution >= 4 is 11.6 Å². The SMILES string of the molecule is COCC1CCC2(C)C(CCC3C2CCC2(C)C(C(=O)C[n+]4ccn(CC(=O)C5CCC6C5CCC5C7CCC(OOC)CC7CCC56)c4)CCC32)C1. The molecule has 53 heavy (non-hydrogen) atoms. The second-order valence-corrected chi connectivity index (χ2v) is 20.7. The summed E-state index contributed by atoms with van der Waals surface area (Å²) in [5.41, 5.74) is 0.619. The van der Waals surface area contributed by atoms with Crippen LogP contribution < -0.4 is 4.57 Å². The number of ketones is 2. The Bertz CT molecular complexity index is 1490. The predicted molar refractivity (Wildman–Crippen MR) is 203 cm³/mol. The van der Waals surface area contributed by atoms with E-state index in [-0.39, 0.29) is 23.4 Å². The molecular formula is C46H71N2O5+. The van der Waals surface area contributed by atoms with E-state index in [1.165, 1.54) is 89.9 Å². The third kappa shape index (κ3) is 6.45. The molecule has 0 saturated heterocycles. The van der Waals surface area contributed by atoms with Gasteiger partial charge in [0.25, 0.3) is 0 Å². The molecule has 294 valence electrons. The first-order chi connectivity index (χ1) is 25.7. The van der Waals surface area contributed by atoms with Gasteiger partial charge in [0.15, 0.2) is 11.6 Å². The summed E-state index contributed by atoms with van der Waals surface area (Å²) in [7, 11) is 3.51. The lowest BCUT2D eigenvalue weighted by molar-refractivity contribution is -0.684. The molecule has 7 nitrogen and oxygen atoms in total. The summed E-state index contributed by atoms with van der Waals surface area (Å²) in [5, 5.41) is 0. The van der Waals surface area contributed by atoms with Crippen molar-refractivity contribution in [3.05, 3.63) is 18.7 Å². The van der Waals surface area contributed by atoms with Gasteiger partial charge in [0.2, 0.25) is 6.33 Å². The van der Waals surface area contributed by atoms with Gasteiger partial charge in [-0.05, 0) is 192 Å². The first kappa shape index (κ1) is 37.0. The van der Waals surface area contributed by atoms with E-state index in [1.807, 2.05) is 19.5 Å². The molecule has 1 heterocycles. The Hall–Kier alpha value is -1.57. The standard InChI is InChI=1S/C46H71N2O5/c1-45-19-17-29(27-51-3)23-31(45)6-9-39-40-15-16-42(46(40,2)20-18-41(39)45)44(50)26-48-22-21-47(28-48)25-43(49)38-14-13-36-35-8-5-30-24-32(53-52-4)7-10-33(30)34(35)11-12-37(36)38/h21-22,28-42H,5-20,23-27H2,1-4H3/q+1. The molecular weight excluding hydrogens is 661 g/mol. The molecule has 8 saturated carbocycles. The molecule has 0 aliphatic heterocycles. The van der Waals surface area contributed by atoms with E-state index < -0.39 is 0 Å². The molecule has 9 rings (SSSR count). The molecule has 0 bridgehead atoms. The van der Waals surface area contributed by atoms with E-state index in [2.05, 4.69) is 29.3 Å². The Kier molecular flexibility index (Phi) is 10.3. The summed E-state index contributed by atoms with van der Waals surface area (Å²) in [6.45, 7) is 6.97. The van der Waals surface area contributed by atoms with E-state index in [0.29, 0.717) is 41.9 Å². The highest BCUT2D eigenvalue weighted by atomic mass is 17.2. The number of carbonyl (C=O) groups is 2. The number of aromatic nitrogens is 2. The molecule has 8 aliphatic carbocycles. The van der Waals surface area contributed by atoms with Crippen LogP contribution in [0.4, 0.5) is 0 Å². The number of nitrogens with zero attached hydrogens (tertiary/aromatic N) is 2. The maximum Gasteiger partial charge on any atom is 0.244 e. The van der Waals surface area contributed by atoms with Gasteiger partial charge in [-0.1, -0.05) is 13.8 Å². The smallest absolute Gasteiger partial charge is 0.244 e. The molecule has 0 N–H and O–H groups in total. The van der Waals surface area contributed by atoms with E-state index in [9.17, 15) is 9.59 Å². The van der Waals surface area contributed by atoms with Crippen LogP contribution in [0.1, 0.15) is 129 Å². The number of hydrogen-bond acceptors (Lipinski definition) is 5. The molecule has 16 unspecified atom stereocenters. The lowest BCUT2D eigenvalue weighted by atomic mass is 9.44. The van der Waals surface area contributed by atoms with Crippen molar-refractivity contribution in [2.24, 2.45) is 87.8 Å². The predicted octanol–water partition coefficient (Wildman–Crippen LogP) is 8.66. The second kappa shape index (κ2) is 14.7. The van der Waals surface area contributed by atoms with Crippen LogP contribution in [-0.2, 0) is 37.2 Å². The topological polar surface area (TPSA) is 70.6 Å². The van der Waals surface area contributed by atoms with Crippen molar-refractivity contribution in [1.82, 2.24) is 4.57 Å². The van der Waals surface area contributed by atoms with E-state index in [0.717, 1.165) is 85.6 Å². The average molecular weight is 732 g/mol. The van der Waals surface area contributed by atoms with Crippen LogP contribution in [0.3, 0.4) is 0 Å². The maximum atomic E-state index is 14.1. The van der Waals surface area contributed by atoms with E-state index in [4.69, 9.17) is 14.5 Å². The lowest BCUT2D eigenvalue weighted by Gasteiger charge is -2.61. The maximum absolute atomic E-state index is 14.1. The number of carbonyl (C=O) groups excluding carboxylic acids is 2. The minimum Gasteiger partial charge on any atom is -0.384 e. The Balaban J connectivity index is 0.788. The van der Waals surface area contributed by atoms with Gasteiger partial charge < -0.3 is 4.74 Å². The number of imidazole rings is 1. The molecule has 8 fully saturated rings. The summed E-state index contributed by atoms with van der Waals surface area (Å²) < 4.78 is 9.74. The minimum atomic E-state index is 0.142. The fourth-order valence-corrected chi connectivity index (χ4v) is 16.6. The number of fused-ring (bicyclic) bond motifs is 10. The zero-order valence-electron chi connectivity index (χ0n) is 33.6. The van der Waals surface area contributed by atoms with Gasteiger partial charge in [-0.25, -0.2) is 18.9 Å². The molecule has 0 aromatic carbocycles. The van der Waals surface area contributed by atoms with Crippen molar-refractivity contribution in [2.45, 2.75) is 149 Å². The van der Waals surface area contributed by atoms with Crippen molar-refractivity contribution < 1.29 is 28.7 Å². The molecule has 0 spiro atoms. The monoisotopic (exact) mass is 732 g/mol. The summed E-state index contributed by atoms with van der Waals surface area (Å²) in [6.07, 6.45) is 29.2. The van der Waals surface area contributed by atoms with E-state index >= 15 is 0 Å². The van der Waals surface area contributed by atoms with Gasteiger partial charge in [-0.15, -0.1) is 0 Å². The highest BCUT2D eigenvalue weighted by Gasteiger charge is 2.61. The van der Waals surface area contributed by atoms with Gasteiger partial charge in [0.05, 0.1) is 13.2 Å². The average Bonchev–Trinajstić information content (AvgIpc) is 3.88. The van der Waals surface area contributed by atoms with E-state index in [1.54, 1.807) is 7.11 Å². The molecule has 0 amide bonds. The molecule has 8 aliphatic rings. The summed E-state index contributed by atoms with van der Waals surface area (Å²) in [4.78, 5) is 38.7. The number of methoxy groups -OCH3 is 1. The summed E-state index contributed by atoms with van der Waals surface area (Å²) >= 11 is 0. The fourth-order valence-electron chi connectivity index (χ4n) is 16.6. The van der Waals surface area contributed by atoms with Crippen LogP contribution >= 0.6 is 0 Å². The minimum absolute atomic E-state index is 0.142. The first-order valence-corrected chi connectivity index (χ1v) is 22.5. The van der Waals surface area contributed by atoms with Crippen LogP contribution in [0.5, 0.6) is 0 Å². The highest BCUT2D eigenvalue weighted by molar-refractivity contribution is 5.82. The Morgan fingerprint density at radius 1 is 0.717 bits per heavy atom. The lowest BCUT2D eigenvalue weighted by Crippen LogP contribution is -2.54. The first-order valence-electron chi connectivity index (χ1n) is 22.5. The Morgan fingerprint density at radius 3 is 2.28 bits per heavy atom. The Labute approximate surface area is 320 Å². The third-order valence-electron chi connectivity index (χ3n) is 18.9. The quantitative estimate of drug-likeness (QED) is 0.137. The van der Waals surface area contributed by atoms with Crippen LogP contribution in [0.2, 0.25) is 0 Å². The largest absolute Gasteiger partial charge is 0.384 e. The van der Waals surface area contributed by atoms with Crippen LogP contribution in [0, 0.1) is 87.8 Å². The third-order valence-corrected chi connectivity index (χ3v) is 18.9. The van der Waals surface area contributed by atoms with Crippen molar-refractivity contribution in [2.75, 3.05) is 20.8 Å². The highest BCUT2D eigenvalue weighted by Crippen LogP contribution is 2.68. The Morgan fingerprint density at radius 2 is 1.43 bits per heavy atom. The van der Waals surface area contributed by atoms with Gasteiger partial charge in [0, 0.05) is 25.6 Å². The van der Waals surface area contributed by atoms with Crippen LogP contribution in [0.15, 0.2) is 18.7 Å². The molecule has 0 radical (unpaired) electrons. The van der Waals surface area contributed by atoms with Crippen LogP contribution in [0.25, 0.3) is 0 Å².